The van der Waals surface area contributed by atoms with Gasteiger partial charge in [-0.15, -0.1) is 0 Å². The van der Waals surface area contributed by atoms with E-state index in [0.29, 0.717) is 0 Å². The Morgan fingerprint density at radius 3 is 2.78 bits per heavy atom. The molecule has 1 aliphatic heterocycles. The normalized spacial score (nSPS) is 17.4. The molecule has 1 aromatic rings. The molecular weight excluding hydrogens is 222 g/mol. The topological polar surface area (TPSA) is 39.1 Å². The summed E-state index contributed by atoms with van der Waals surface area (Å²) in [5.74, 6) is 0.730. The monoisotopic (exact) mass is 243 g/mol. The van der Waals surface area contributed by atoms with E-state index in [0.717, 1.165) is 29.3 Å². The molecule has 3 nitrogen and oxygen atoms in total. The number of anilines is 1. The molecule has 96 valence electrons. The lowest BCUT2D eigenvalue weighted by molar-refractivity contribution is 0.226. The second kappa shape index (κ2) is 5.88. The van der Waals surface area contributed by atoms with Crippen molar-refractivity contribution in [2.24, 2.45) is 5.92 Å². The van der Waals surface area contributed by atoms with Gasteiger partial charge in [-0.25, -0.2) is 0 Å². The minimum Gasteiger partial charge on any atom is -0.384 e. The van der Waals surface area contributed by atoms with Crippen LogP contribution in [0.2, 0.25) is 0 Å². The van der Waals surface area contributed by atoms with Gasteiger partial charge in [-0.05, 0) is 57.5 Å². The number of hydrogen-bond acceptors (Lipinski definition) is 3. The van der Waals surface area contributed by atoms with Crippen molar-refractivity contribution in [2.75, 3.05) is 32.0 Å². The molecule has 0 unspecified atom stereocenters. The zero-order valence-electron chi connectivity index (χ0n) is 11.2. The van der Waals surface area contributed by atoms with Gasteiger partial charge in [0.1, 0.15) is 6.07 Å². The maximum absolute atomic E-state index is 9.17. The molecule has 1 saturated heterocycles. The molecule has 1 aliphatic rings. The molecule has 0 aromatic heterocycles. The lowest BCUT2D eigenvalue weighted by Gasteiger charge is -2.29. The summed E-state index contributed by atoms with van der Waals surface area (Å²) in [5.41, 5.74) is 2.81. The molecule has 0 bridgehead atoms. The Kier molecular flexibility index (Phi) is 4.22. The van der Waals surface area contributed by atoms with Crippen molar-refractivity contribution in [1.82, 2.24) is 4.90 Å². The number of likely N-dealkylation sites (tertiary alicyclic amines) is 1. The van der Waals surface area contributed by atoms with Gasteiger partial charge in [0.25, 0.3) is 0 Å². The number of nitriles is 1. The lowest BCUT2D eigenvalue weighted by Crippen LogP contribution is -2.33. The highest BCUT2D eigenvalue weighted by Crippen LogP contribution is 2.21. The Morgan fingerprint density at radius 2 is 2.11 bits per heavy atom. The zero-order valence-corrected chi connectivity index (χ0v) is 11.2. The standard InChI is InChI=1S/C15H21N3/c1-12-4-3-5-15(14(12)10-16)17-11-13-6-8-18(2)9-7-13/h3-5,13,17H,6-9,11H2,1-2H3. The highest BCUT2D eigenvalue weighted by atomic mass is 15.1. The summed E-state index contributed by atoms with van der Waals surface area (Å²) >= 11 is 0. The fourth-order valence-electron chi connectivity index (χ4n) is 2.48. The van der Waals surface area contributed by atoms with E-state index >= 15 is 0 Å². The Balaban J connectivity index is 1.95. The number of nitrogens with zero attached hydrogens (tertiary/aromatic N) is 2. The molecule has 18 heavy (non-hydrogen) atoms. The summed E-state index contributed by atoms with van der Waals surface area (Å²) in [6, 6.07) is 8.28. The van der Waals surface area contributed by atoms with Gasteiger partial charge >= 0.3 is 0 Å². The highest BCUT2D eigenvalue weighted by Gasteiger charge is 2.16. The largest absolute Gasteiger partial charge is 0.384 e. The van der Waals surface area contributed by atoms with E-state index in [-0.39, 0.29) is 0 Å². The van der Waals surface area contributed by atoms with Crippen LogP contribution in [0.1, 0.15) is 24.0 Å². The third kappa shape index (κ3) is 3.02. The first-order valence-electron chi connectivity index (χ1n) is 6.63. The Hall–Kier alpha value is -1.53. The zero-order chi connectivity index (χ0) is 13.0. The molecule has 0 radical (unpaired) electrons. The Labute approximate surface area is 109 Å². The van der Waals surface area contributed by atoms with E-state index in [1.54, 1.807) is 0 Å². The van der Waals surface area contributed by atoms with E-state index in [9.17, 15) is 5.26 Å². The predicted molar refractivity (Wildman–Crippen MR) is 74.6 cm³/mol. The number of rotatable bonds is 3. The van der Waals surface area contributed by atoms with Crippen molar-refractivity contribution in [1.29, 1.82) is 5.26 Å². The quantitative estimate of drug-likeness (QED) is 0.887. The van der Waals surface area contributed by atoms with Crippen LogP contribution in [0.4, 0.5) is 5.69 Å². The average Bonchev–Trinajstić information content (AvgIpc) is 2.38. The van der Waals surface area contributed by atoms with Crippen molar-refractivity contribution in [3.05, 3.63) is 29.3 Å². The van der Waals surface area contributed by atoms with Crippen LogP contribution in [0.25, 0.3) is 0 Å². The van der Waals surface area contributed by atoms with Gasteiger partial charge in [0, 0.05) is 6.54 Å². The number of aryl methyl sites for hydroxylation is 1. The Bertz CT molecular complexity index is 440. The molecular formula is C15H21N3. The highest BCUT2D eigenvalue weighted by molar-refractivity contribution is 5.60. The van der Waals surface area contributed by atoms with Crippen molar-refractivity contribution in [3.63, 3.8) is 0 Å². The molecule has 2 rings (SSSR count). The van der Waals surface area contributed by atoms with Crippen LogP contribution in [0, 0.1) is 24.2 Å². The first-order chi connectivity index (χ1) is 8.70. The van der Waals surface area contributed by atoms with Gasteiger partial charge in [-0.1, -0.05) is 12.1 Å². The van der Waals surface area contributed by atoms with Crippen LogP contribution in [0.15, 0.2) is 18.2 Å². The first kappa shape index (κ1) is 12.9. The molecule has 3 heteroatoms. The second-order valence-corrected chi connectivity index (χ2v) is 5.24. The van der Waals surface area contributed by atoms with Crippen LogP contribution in [-0.2, 0) is 0 Å². The van der Waals surface area contributed by atoms with E-state index in [1.807, 2.05) is 25.1 Å². The first-order valence-corrected chi connectivity index (χ1v) is 6.63. The summed E-state index contributed by atoms with van der Waals surface area (Å²) in [7, 11) is 2.18. The molecule has 1 N–H and O–H groups in total. The number of nitrogens with one attached hydrogen (secondary N) is 1. The van der Waals surface area contributed by atoms with Gasteiger partial charge in [0.15, 0.2) is 0 Å². The summed E-state index contributed by atoms with van der Waals surface area (Å²) in [6.45, 7) is 5.34. The van der Waals surface area contributed by atoms with Gasteiger partial charge in [0.05, 0.1) is 11.3 Å². The van der Waals surface area contributed by atoms with Crippen molar-refractivity contribution in [2.45, 2.75) is 19.8 Å². The Morgan fingerprint density at radius 1 is 1.39 bits per heavy atom. The van der Waals surface area contributed by atoms with Crippen LogP contribution >= 0.6 is 0 Å². The number of hydrogen-bond donors (Lipinski definition) is 1. The maximum Gasteiger partial charge on any atom is 0.102 e. The SMILES string of the molecule is Cc1cccc(NCC2CCN(C)CC2)c1C#N. The summed E-state index contributed by atoms with van der Waals surface area (Å²) in [6.07, 6.45) is 2.49. The molecule has 0 spiro atoms. The third-order valence-corrected chi connectivity index (χ3v) is 3.80. The molecule has 1 heterocycles. The number of piperidine rings is 1. The van der Waals surface area contributed by atoms with Crippen LogP contribution in [-0.4, -0.2) is 31.6 Å². The van der Waals surface area contributed by atoms with E-state index in [1.165, 1.54) is 25.9 Å². The van der Waals surface area contributed by atoms with E-state index in [2.05, 4.69) is 23.3 Å². The lowest BCUT2D eigenvalue weighted by atomic mass is 9.97. The third-order valence-electron chi connectivity index (χ3n) is 3.80. The van der Waals surface area contributed by atoms with Gasteiger partial charge in [0.2, 0.25) is 0 Å². The summed E-state index contributed by atoms with van der Waals surface area (Å²) in [5, 5.41) is 12.6. The minimum atomic E-state index is 0.730. The van der Waals surface area contributed by atoms with Crippen molar-refractivity contribution >= 4 is 5.69 Å². The number of benzene rings is 1. The van der Waals surface area contributed by atoms with Gasteiger partial charge in [-0.3, -0.25) is 0 Å². The van der Waals surface area contributed by atoms with Crippen LogP contribution in [0.3, 0.4) is 0 Å². The molecule has 1 fully saturated rings. The van der Waals surface area contributed by atoms with Gasteiger partial charge < -0.3 is 10.2 Å². The average molecular weight is 243 g/mol. The molecule has 1 aromatic carbocycles. The summed E-state index contributed by atoms with van der Waals surface area (Å²) in [4.78, 5) is 2.38. The second-order valence-electron chi connectivity index (χ2n) is 5.24. The van der Waals surface area contributed by atoms with E-state index in [4.69, 9.17) is 0 Å². The van der Waals surface area contributed by atoms with Gasteiger partial charge in [-0.2, -0.15) is 5.26 Å². The van der Waals surface area contributed by atoms with Crippen LogP contribution in [0.5, 0.6) is 0 Å². The maximum atomic E-state index is 9.17. The fraction of sp³-hybridized carbons (Fsp3) is 0.533. The minimum absolute atomic E-state index is 0.730. The molecule has 0 atom stereocenters. The van der Waals surface area contributed by atoms with Crippen molar-refractivity contribution < 1.29 is 0 Å². The fourth-order valence-corrected chi connectivity index (χ4v) is 2.48. The predicted octanol–water partition coefficient (Wildman–Crippen LogP) is 2.62. The van der Waals surface area contributed by atoms with E-state index < -0.39 is 0 Å². The van der Waals surface area contributed by atoms with Crippen LogP contribution < -0.4 is 5.32 Å². The van der Waals surface area contributed by atoms with Crippen molar-refractivity contribution in [3.8, 4) is 6.07 Å². The summed E-state index contributed by atoms with van der Waals surface area (Å²) < 4.78 is 0. The molecule has 0 amide bonds. The molecule has 0 aliphatic carbocycles. The molecule has 0 saturated carbocycles. The smallest absolute Gasteiger partial charge is 0.102 e.